The van der Waals surface area contributed by atoms with Crippen LogP contribution in [0.4, 0.5) is 4.79 Å². The lowest BCUT2D eigenvalue weighted by Crippen LogP contribution is -2.42. The predicted molar refractivity (Wildman–Crippen MR) is 106 cm³/mol. The Bertz CT molecular complexity index is 894. The third-order valence-corrected chi connectivity index (χ3v) is 5.81. The zero-order chi connectivity index (χ0) is 19.4. The number of nitrogens with zero attached hydrogens (tertiary/aromatic N) is 1. The van der Waals surface area contributed by atoms with Crippen LogP contribution in [0.25, 0.3) is 6.08 Å². The first-order chi connectivity index (χ1) is 13.0. The summed E-state index contributed by atoms with van der Waals surface area (Å²) in [4.78, 5) is 39.7. The summed E-state index contributed by atoms with van der Waals surface area (Å²) in [7, 11) is 1.22. The minimum Gasteiger partial charge on any atom is -0.467 e. The highest BCUT2D eigenvalue weighted by Gasteiger charge is 2.41. The van der Waals surface area contributed by atoms with E-state index in [0.717, 1.165) is 32.0 Å². The Morgan fingerprint density at radius 3 is 2.33 bits per heavy atom. The molecular weight excluding hydrogens is 382 g/mol. The van der Waals surface area contributed by atoms with Crippen molar-refractivity contribution in [3.63, 3.8) is 0 Å². The van der Waals surface area contributed by atoms with E-state index in [1.165, 1.54) is 14.0 Å². The van der Waals surface area contributed by atoms with Gasteiger partial charge >= 0.3 is 5.97 Å². The van der Waals surface area contributed by atoms with E-state index < -0.39 is 23.2 Å². The van der Waals surface area contributed by atoms with Crippen LogP contribution in [0.1, 0.15) is 12.5 Å². The quantitative estimate of drug-likeness (QED) is 0.547. The summed E-state index contributed by atoms with van der Waals surface area (Å²) in [6, 6.07) is 16.8. The van der Waals surface area contributed by atoms with Gasteiger partial charge in [-0.1, -0.05) is 42.1 Å². The molecule has 27 heavy (non-hydrogen) atoms. The van der Waals surface area contributed by atoms with E-state index in [-0.39, 0.29) is 0 Å². The van der Waals surface area contributed by atoms with Gasteiger partial charge in [-0.25, -0.2) is 4.79 Å². The zero-order valence-electron chi connectivity index (χ0n) is 14.7. The fourth-order valence-corrected chi connectivity index (χ4v) is 4.24. The van der Waals surface area contributed by atoms with Crippen LogP contribution in [0.5, 0.6) is 0 Å². The fourth-order valence-electron chi connectivity index (χ4n) is 2.50. The van der Waals surface area contributed by atoms with Gasteiger partial charge in [0.25, 0.3) is 11.1 Å². The molecule has 0 spiro atoms. The van der Waals surface area contributed by atoms with Crippen molar-refractivity contribution in [1.29, 1.82) is 0 Å². The molecule has 0 unspecified atom stereocenters. The Balaban J connectivity index is 1.74. The van der Waals surface area contributed by atoms with Crippen LogP contribution in [0.3, 0.4) is 0 Å². The van der Waals surface area contributed by atoms with E-state index in [1.807, 2.05) is 54.6 Å². The van der Waals surface area contributed by atoms with Crippen molar-refractivity contribution in [2.24, 2.45) is 0 Å². The number of carbonyl (C=O) groups is 3. The highest BCUT2D eigenvalue weighted by Crippen LogP contribution is 2.34. The van der Waals surface area contributed by atoms with Crippen LogP contribution in [-0.2, 0) is 14.3 Å². The Morgan fingerprint density at radius 2 is 1.70 bits per heavy atom. The fraction of sp³-hybridized carbons (Fsp3) is 0.150. The molecule has 7 heteroatoms. The number of benzene rings is 2. The van der Waals surface area contributed by atoms with Gasteiger partial charge < -0.3 is 4.74 Å². The molecule has 0 saturated carbocycles. The molecule has 0 bridgehead atoms. The van der Waals surface area contributed by atoms with Gasteiger partial charge in [0.15, 0.2) is 0 Å². The number of rotatable bonds is 5. The first-order valence-electron chi connectivity index (χ1n) is 8.17. The van der Waals surface area contributed by atoms with Gasteiger partial charge in [-0.3, -0.25) is 14.5 Å². The van der Waals surface area contributed by atoms with Gasteiger partial charge in [-0.05, 0) is 54.6 Å². The third kappa shape index (κ3) is 4.43. The molecule has 5 nitrogen and oxygen atoms in total. The van der Waals surface area contributed by atoms with E-state index in [1.54, 1.807) is 17.8 Å². The number of ether oxygens (including phenoxy) is 1. The van der Waals surface area contributed by atoms with Crippen LogP contribution in [0.15, 0.2) is 69.3 Å². The summed E-state index contributed by atoms with van der Waals surface area (Å²) >= 11 is 2.47. The minimum absolute atomic E-state index is 0.291. The SMILES string of the molecule is COC(=O)[C@H](C)N1C(=O)S/C(=C/c2ccc(Sc3ccccc3)cc2)C1=O. The molecule has 1 aliphatic rings. The smallest absolute Gasteiger partial charge is 0.328 e. The van der Waals surface area contributed by atoms with Crippen molar-refractivity contribution in [1.82, 2.24) is 4.90 Å². The molecule has 0 N–H and O–H groups in total. The minimum atomic E-state index is -0.946. The standard InChI is InChI=1S/C20H17NO4S2/c1-13(19(23)25-2)21-18(22)17(27-20(21)24)12-14-8-10-16(11-9-14)26-15-6-4-3-5-7-15/h3-13H,1-2H3/b17-12+/t13-/m0/s1. The summed E-state index contributed by atoms with van der Waals surface area (Å²) in [6.07, 6.45) is 1.66. The molecule has 1 heterocycles. The van der Waals surface area contributed by atoms with Gasteiger partial charge in [0.1, 0.15) is 6.04 Å². The van der Waals surface area contributed by atoms with Crippen molar-refractivity contribution in [3.05, 3.63) is 65.1 Å². The largest absolute Gasteiger partial charge is 0.467 e. The van der Waals surface area contributed by atoms with Gasteiger partial charge in [0, 0.05) is 9.79 Å². The summed E-state index contributed by atoms with van der Waals surface area (Å²) < 4.78 is 4.62. The predicted octanol–water partition coefficient (Wildman–Crippen LogP) is 4.44. The summed E-state index contributed by atoms with van der Waals surface area (Å²) in [6.45, 7) is 1.47. The van der Waals surface area contributed by atoms with Gasteiger partial charge in [-0.15, -0.1) is 0 Å². The first kappa shape index (κ1) is 19.3. The van der Waals surface area contributed by atoms with E-state index in [9.17, 15) is 14.4 Å². The van der Waals surface area contributed by atoms with Crippen molar-refractivity contribution in [2.45, 2.75) is 22.8 Å². The lowest BCUT2D eigenvalue weighted by molar-refractivity contribution is -0.148. The maximum atomic E-state index is 12.5. The molecule has 1 atom stereocenters. The molecule has 1 aliphatic heterocycles. The molecule has 3 rings (SSSR count). The van der Waals surface area contributed by atoms with Crippen LogP contribution in [0, 0.1) is 0 Å². The van der Waals surface area contributed by atoms with Gasteiger partial charge in [-0.2, -0.15) is 0 Å². The van der Waals surface area contributed by atoms with Crippen molar-refractivity contribution in [2.75, 3.05) is 7.11 Å². The molecule has 0 aromatic heterocycles. The van der Waals surface area contributed by atoms with E-state index in [0.29, 0.717) is 4.91 Å². The van der Waals surface area contributed by atoms with Crippen molar-refractivity contribution >= 4 is 46.7 Å². The number of hydrogen-bond donors (Lipinski definition) is 0. The molecule has 2 aromatic rings. The lowest BCUT2D eigenvalue weighted by Gasteiger charge is -2.18. The Hall–Kier alpha value is -2.51. The molecule has 1 saturated heterocycles. The average molecular weight is 399 g/mol. The van der Waals surface area contributed by atoms with Crippen molar-refractivity contribution in [3.8, 4) is 0 Å². The third-order valence-electron chi connectivity index (χ3n) is 3.91. The molecule has 138 valence electrons. The normalized spacial score (nSPS) is 16.7. The van der Waals surface area contributed by atoms with Crippen LogP contribution in [0.2, 0.25) is 0 Å². The maximum Gasteiger partial charge on any atom is 0.328 e. The molecule has 0 aliphatic carbocycles. The summed E-state index contributed by atoms with van der Waals surface area (Å²) in [5.41, 5.74) is 0.809. The zero-order valence-corrected chi connectivity index (χ0v) is 16.4. The topological polar surface area (TPSA) is 63.7 Å². The second-order valence-corrected chi connectivity index (χ2v) is 7.88. The number of hydrogen-bond acceptors (Lipinski definition) is 6. The highest BCUT2D eigenvalue weighted by molar-refractivity contribution is 8.18. The Morgan fingerprint density at radius 1 is 1.07 bits per heavy atom. The van der Waals surface area contributed by atoms with Crippen LogP contribution < -0.4 is 0 Å². The summed E-state index contributed by atoms with van der Waals surface area (Å²) in [5.74, 6) is -1.11. The van der Waals surface area contributed by atoms with E-state index >= 15 is 0 Å². The molecular formula is C20H17NO4S2. The number of esters is 1. The molecule has 2 amide bonds. The molecule has 2 aromatic carbocycles. The van der Waals surface area contributed by atoms with E-state index in [2.05, 4.69) is 4.74 Å². The number of thioether (sulfide) groups is 1. The second-order valence-electron chi connectivity index (χ2n) is 5.73. The van der Waals surface area contributed by atoms with Gasteiger partial charge in [0.05, 0.1) is 12.0 Å². The number of amides is 2. The molecule has 1 fully saturated rings. The monoisotopic (exact) mass is 399 g/mol. The number of methoxy groups -OCH3 is 1. The lowest BCUT2D eigenvalue weighted by atomic mass is 10.2. The first-order valence-corrected chi connectivity index (χ1v) is 9.81. The Labute approximate surface area is 165 Å². The van der Waals surface area contributed by atoms with Crippen LogP contribution >= 0.6 is 23.5 Å². The average Bonchev–Trinajstić information content (AvgIpc) is 2.96. The van der Waals surface area contributed by atoms with E-state index in [4.69, 9.17) is 0 Å². The van der Waals surface area contributed by atoms with Crippen LogP contribution in [-0.4, -0.2) is 35.2 Å². The maximum absolute atomic E-state index is 12.5. The van der Waals surface area contributed by atoms with Crippen molar-refractivity contribution < 1.29 is 19.1 Å². The van der Waals surface area contributed by atoms with Gasteiger partial charge in [0.2, 0.25) is 0 Å². The number of imide groups is 1. The highest BCUT2D eigenvalue weighted by atomic mass is 32.2. The summed E-state index contributed by atoms with van der Waals surface area (Å²) in [5, 5.41) is -0.472. The Kier molecular flexibility index (Phi) is 6.03. The number of carbonyl (C=O) groups excluding carboxylic acids is 3. The second kappa shape index (κ2) is 8.45. The molecule has 0 radical (unpaired) electrons.